The van der Waals surface area contributed by atoms with Crippen LogP contribution in [0.4, 0.5) is 0 Å². The Morgan fingerprint density at radius 3 is 2.71 bits per heavy atom. The predicted molar refractivity (Wildman–Crippen MR) is 125 cm³/mol. The van der Waals surface area contributed by atoms with E-state index < -0.39 is 0 Å². The van der Waals surface area contributed by atoms with Gasteiger partial charge in [-0.05, 0) is 39.3 Å². The Morgan fingerprint density at radius 2 is 2.04 bits per heavy atom. The summed E-state index contributed by atoms with van der Waals surface area (Å²) in [6.45, 7) is 13.2. The summed E-state index contributed by atoms with van der Waals surface area (Å²) in [5, 5.41) is 14.7. The van der Waals surface area contributed by atoms with Gasteiger partial charge in [-0.1, -0.05) is 19.1 Å². The first-order valence-electron chi connectivity index (χ1n) is 9.68. The number of aryl methyl sites for hydroxylation is 2. The van der Waals surface area contributed by atoms with Crippen LogP contribution in [0.5, 0.6) is 5.75 Å². The molecule has 2 rings (SSSR count). The van der Waals surface area contributed by atoms with Gasteiger partial charge in [0.2, 0.25) is 0 Å². The molecule has 8 heteroatoms. The van der Waals surface area contributed by atoms with Gasteiger partial charge in [0.15, 0.2) is 5.96 Å². The predicted octanol–water partition coefficient (Wildman–Crippen LogP) is 3.31. The molecule has 0 aliphatic rings. The van der Waals surface area contributed by atoms with Crippen molar-refractivity contribution in [1.82, 2.24) is 25.4 Å². The Labute approximate surface area is 185 Å². The van der Waals surface area contributed by atoms with E-state index in [0.29, 0.717) is 6.54 Å². The Hall–Kier alpha value is -1.84. The Bertz CT molecular complexity index is 744. The monoisotopic (exact) mass is 500 g/mol. The fourth-order valence-corrected chi connectivity index (χ4v) is 2.70. The minimum absolute atomic E-state index is 0. The summed E-state index contributed by atoms with van der Waals surface area (Å²) in [4.78, 5) is 4.72. The highest BCUT2D eigenvalue weighted by Gasteiger charge is 2.07. The van der Waals surface area contributed by atoms with E-state index in [0.717, 1.165) is 49.2 Å². The lowest BCUT2D eigenvalue weighted by Crippen LogP contribution is -2.39. The number of benzene rings is 1. The zero-order valence-electron chi connectivity index (χ0n) is 17.5. The molecule has 2 N–H and O–H groups in total. The number of rotatable bonds is 9. The molecule has 0 bridgehead atoms. The third-order valence-corrected chi connectivity index (χ3v) is 3.99. The average Bonchev–Trinajstić information content (AvgIpc) is 3.08. The zero-order chi connectivity index (χ0) is 19.6. The third kappa shape index (κ3) is 7.65. The van der Waals surface area contributed by atoms with Crippen molar-refractivity contribution in [2.24, 2.45) is 4.99 Å². The van der Waals surface area contributed by atoms with Crippen molar-refractivity contribution < 1.29 is 4.74 Å². The molecule has 0 saturated heterocycles. The topological polar surface area (TPSA) is 76.4 Å². The van der Waals surface area contributed by atoms with Gasteiger partial charge >= 0.3 is 0 Å². The van der Waals surface area contributed by atoms with Crippen LogP contribution in [0.1, 0.15) is 44.6 Å². The summed E-state index contributed by atoms with van der Waals surface area (Å²) in [5.74, 6) is 2.69. The molecule has 0 fully saturated rings. The lowest BCUT2D eigenvalue weighted by molar-refractivity contribution is 0.240. The highest BCUT2D eigenvalue weighted by atomic mass is 127. The first-order chi connectivity index (χ1) is 13.0. The van der Waals surface area contributed by atoms with Crippen LogP contribution in [-0.2, 0) is 19.5 Å². The van der Waals surface area contributed by atoms with E-state index in [1.807, 2.05) is 13.8 Å². The standard InChI is InChI=1S/C20H32N6O.HI/c1-6-19-25-24-14-26(19)11-10-22-20(21-7-2)23-13-17-9-8-16(5)12-18(17)27-15(3)4;/h8-9,12,14-15H,6-7,10-11,13H2,1-5H3,(H2,21,22,23);1H. The van der Waals surface area contributed by atoms with Crippen LogP contribution in [0.2, 0.25) is 0 Å². The van der Waals surface area contributed by atoms with Gasteiger partial charge in [0.1, 0.15) is 17.9 Å². The van der Waals surface area contributed by atoms with Gasteiger partial charge in [-0.25, -0.2) is 4.99 Å². The molecule has 0 unspecified atom stereocenters. The number of hydrogen-bond donors (Lipinski definition) is 2. The second kappa shape index (κ2) is 12.6. The minimum Gasteiger partial charge on any atom is -0.491 e. The molecule has 156 valence electrons. The van der Waals surface area contributed by atoms with E-state index in [1.165, 1.54) is 5.56 Å². The second-order valence-electron chi connectivity index (χ2n) is 6.69. The van der Waals surface area contributed by atoms with E-state index in [4.69, 9.17) is 9.73 Å². The molecule has 0 amide bonds. The normalized spacial score (nSPS) is 11.3. The quantitative estimate of drug-likeness (QED) is 0.314. The van der Waals surface area contributed by atoms with Crippen LogP contribution in [-0.4, -0.2) is 39.9 Å². The number of guanidine groups is 1. The molecular weight excluding hydrogens is 467 g/mol. The van der Waals surface area contributed by atoms with E-state index in [9.17, 15) is 0 Å². The van der Waals surface area contributed by atoms with Crippen molar-refractivity contribution in [3.63, 3.8) is 0 Å². The van der Waals surface area contributed by atoms with Gasteiger partial charge in [0.25, 0.3) is 0 Å². The summed E-state index contributed by atoms with van der Waals surface area (Å²) < 4.78 is 8.01. The Balaban J connectivity index is 0.00000392. The van der Waals surface area contributed by atoms with Crippen molar-refractivity contribution in [3.05, 3.63) is 41.5 Å². The van der Waals surface area contributed by atoms with Gasteiger partial charge in [0, 0.05) is 31.6 Å². The SMILES string of the molecule is CCNC(=NCc1ccc(C)cc1OC(C)C)NCCn1cnnc1CC.I. The van der Waals surface area contributed by atoms with Gasteiger partial charge in [-0.15, -0.1) is 34.2 Å². The fourth-order valence-electron chi connectivity index (χ4n) is 2.70. The third-order valence-electron chi connectivity index (χ3n) is 3.99. The van der Waals surface area contributed by atoms with Crippen molar-refractivity contribution in [1.29, 1.82) is 0 Å². The van der Waals surface area contributed by atoms with Crippen LogP contribution in [0.3, 0.4) is 0 Å². The summed E-state index contributed by atoms with van der Waals surface area (Å²) in [6.07, 6.45) is 2.78. The summed E-state index contributed by atoms with van der Waals surface area (Å²) in [7, 11) is 0. The van der Waals surface area contributed by atoms with Crippen LogP contribution in [0, 0.1) is 6.92 Å². The first kappa shape index (κ1) is 24.2. The van der Waals surface area contributed by atoms with E-state index in [-0.39, 0.29) is 30.1 Å². The molecule has 0 saturated carbocycles. The minimum atomic E-state index is 0. The maximum atomic E-state index is 5.95. The van der Waals surface area contributed by atoms with Gasteiger partial charge < -0.3 is 19.9 Å². The highest BCUT2D eigenvalue weighted by molar-refractivity contribution is 14.0. The molecule has 1 aromatic heterocycles. The second-order valence-corrected chi connectivity index (χ2v) is 6.69. The van der Waals surface area contributed by atoms with Gasteiger partial charge in [-0.3, -0.25) is 0 Å². The van der Waals surface area contributed by atoms with Gasteiger partial charge in [-0.2, -0.15) is 0 Å². The number of aromatic nitrogens is 3. The first-order valence-corrected chi connectivity index (χ1v) is 9.68. The number of aliphatic imine (C=N–C) groups is 1. The van der Waals surface area contributed by atoms with E-state index in [2.05, 4.69) is 64.4 Å². The lowest BCUT2D eigenvalue weighted by Gasteiger charge is -2.15. The van der Waals surface area contributed by atoms with Gasteiger partial charge in [0.05, 0.1) is 12.6 Å². The summed E-state index contributed by atoms with van der Waals surface area (Å²) in [5.41, 5.74) is 2.27. The van der Waals surface area contributed by atoms with E-state index in [1.54, 1.807) is 6.33 Å². The summed E-state index contributed by atoms with van der Waals surface area (Å²) in [6, 6.07) is 6.25. The molecule has 1 aromatic carbocycles. The number of ether oxygens (including phenoxy) is 1. The number of hydrogen-bond acceptors (Lipinski definition) is 4. The van der Waals surface area contributed by atoms with Crippen LogP contribution < -0.4 is 15.4 Å². The zero-order valence-corrected chi connectivity index (χ0v) is 19.9. The van der Waals surface area contributed by atoms with Crippen molar-refractivity contribution in [2.75, 3.05) is 13.1 Å². The highest BCUT2D eigenvalue weighted by Crippen LogP contribution is 2.22. The van der Waals surface area contributed by atoms with Crippen LogP contribution in [0.15, 0.2) is 29.5 Å². The fraction of sp³-hybridized carbons (Fsp3) is 0.550. The Kier molecular flexibility index (Phi) is 10.9. The average molecular weight is 500 g/mol. The van der Waals surface area contributed by atoms with Crippen LogP contribution >= 0.6 is 24.0 Å². The lowest BCUT2D eigenvalue weighted by atomic mass is 10.1. The van der Waals surface area contributed by atoms with Crippen molar-refractivity contribution >= 4 is 29.9 Å². The van der Waals surface area contributed by atoms with Crippen LogP contribution in [0.25, 0.3) is 0 Å². The molecule has 28 heavy (non-hydrogen) atoms. The molecular formula is C20H33IN6O. The molecule has 7 nitrogen and oxygen atoms in total. The maximum absolute atomic E-state index is 5.95. The van der Waals surface area contributed by atoms with Crippen molar-refractivity contribution in [3.8, 4) is 5.75 Å². The molecule has 0 radical (unpaired) electrons. The molecule has 0 aliphatic carbocycles. The molecule has 0 aliphatic heterocycles. The Morgan fingerprint density at radius 1 is 1.25 bits per heavy atom. The summed E-state index contributed by atoms with van der Waals surface area (Å²) >= 11 is 0. The molecule has 1 heterocycles. The van der Waals surface area contributed by atoms with E-state index >= 15 is 0 Å². The smallest absolute Gasteiger partial charge is 0.191 e. The number of halogens is 1. The van der Waals surface area contributed by atoms with Crippen molar-refractivity contribution in [2.45, 2.75) is 60.2 Å². The molecule has 0 atom stereocenters. The molecule has 0 spiro atoms. The number of nitrogens with one attached hydrogen (secondary N) is 2. The molecule has 2 aromatic rings. The largest absolute Gasteiger partial charge is 0.491 e. The maximum Gasteiger partial charge on any atom is 0.191 e. The number of nitrogens with zero attached hydrogens (tertiary/aromatic N) is 4.